The Bertz CT molecular complexity index is 848. The number of anilines is 1. The Balaban J connectivity index is 2.31. The molecular weight excluding hydrogens is 304 g/mol. The van der Waals surface area contributed by atoms with Crippen LogP contribution in [0.2, 0.25) is 0 Å². The van der Waals surface area contributed by atoms with Crippen LogP contribution in [-0.4, -0.2) is 19.0 Å². The highest BCUT2D eigenvalue weighted by Crippen LogP contribution is 2.16. The summed E-state index contributed by atoms with van der Waals surface area (Å²) < 4.78 is 4.71. The van der Waals surface area contributed by atoms with E-state index in [4.69, 9.17) is 4.74 Å². The molecule has 5 heteroatoms. The first-order valence-corrected chi connectivity index (χ1v) is 7.22. The highest BCUT2D eigenvalue weighted by atomic mass is 16.5. The Kier molecular flexibility index (Phi) is 5.48. The fourth-order valence-electron chi connectivity index (χ4n) is 2.14. The quantitative estimate of drug-likeness (QED) is 0.532. The van der Waals surface area contributed by atoms with Crippen molar-refractivity contribution in [3.63, 3.8) is 0 Å². The number of nitrogens with zero attached hydrogens (tertiary/aromatic N) is 1. The first-order chi connectivity index (χ1) is 11.5. The third-order valence-corrected chi connectivity index (χ3v) is 3.31. The molecule has 0 aliphatic rings. The summed E-state index contributed by atoms with van der Waals surface area (Å²) >= 11 is 0. The van der Waals surface area contributed by atoms with Gasteiger partial charge in [0.25, 0.3) is 5.91 Å². The van der Waals surface area contributed by atoms with Crippen LogP contribution in [0.3, 0.4) is 0 Å². The number of ether oxygens (including phenoxy) is 1. The van der Waals surface area contributed by atoms with Gasteiger partial charge in [0, 0.05) is 5.69 Å². The minimum atomic E-state index is -0.539. The number of hydrogen-bond donors (Lipinski definition) is 1. The number of esters is 1. The van der Waals surface area contributed by atoms with E-state index < -0.39 is 11.9 Å². The standard InChI is InChI=1S/C19H16N2O3/c1-13-6-5-8-16(10-13)21-18(22)15(12-20)11-14-7-3-4-9-17(14)19(23)24-2/h3-11H,1-2H3,(H,21,22)/b15-11+. The minimum Gasteiger partial charge on any atom is -0.465 e. The molecule has 0 heterocycles. The molecule has 0 saturated carbocycles. The molecule has 0 saturated heterocycles. The van der Waals surface area contributed by atoms with Crippen molar-refractivity contribution in [1.82, 2.24) is 0 Å². The highest BCUT2D eigenvalue weighted by Gasteiger charge is 2.14. The summed E-state index contributed by atoms with van der Waals surface area (Å²) in [4.78, 5) is 24.1. The molecule has 0 atom stereocenters. The SMILES string of the molecule is COC(=O)c1ccccc1/C=C(\C#N)C(=O)Nc1cccc(C)c1. The summed E-state index contributed by atoms with van der Waals surface area (Å²) in [5.41, 5.74) is 2.22. The number of nitriles is 1. The highest BCUT2D eigenvalue weighted by molar-refractivity contribution is 6.10. The molecule has 0 bridgehead atoms. The van der Waals surface area contributed by atoms with Crippen LogP contribution in [0.4, 0.5) is 5.69 Å². The van der Waals surface area contributed by atoms with Gasteiger partial charge in [-0.1, -0.05) is 30.3 Å². The van der Waals surface area contributed by atoms with Gasteiger partial charge in [0.1, 0.15) is 11.6 Å². The normalized spacial score (nSPS) is 10.6. The fraction of sp³-hybridized carbons (Fsp3) is 0.105. The minimum absolute atomic E-state index is 0.104. The van der Waals surface area contributed by atoms with E-state index in [-0.39, 0.29) is 11.1 Å². The Labute approximate surface area is 140 Å². The summed E-state index contributed by atoms with van der Waals surface area (Å²) in [6, 6.07) is 15.7. The van der Waals surface area contributed by atoms with Crippen molar-refractivity contribution >= 4 is 23.6 Å². The van der Waals surface area contributed by atoms with Crippen molar-refractivity contribution < 1.29 is 14.3 Å². The van der Waals surface area contributed by atoms with Crippen molar-refractivity contribution in [3.05, 3.63) is 70.8 Å². The molecule has 0 aliphatic heterocycles. The van der Waals surface area contributed by atoms with Crippen LogP contribution in [0.1, 0.15) is 21.5 Å². The van der Waals surface area contributed by atoms with E-state index in [0.29, 0.717) is 11.3 Å². The molecule has 1 N–H and O–H groups in total. The van der Waals surface area contributed by atoms with E-state index in [9.17, 15) is 14.9 Å². The van der Waals surface area contributed by atoms with Crippen molar-refractivity contribution in [2.75, 3.05) is 12.4 Å². The Morgan fingerprint density at radius 2 is 1.92 bits per heavy atom. The zero-order valence-corrected chi connectivity index (χ0v) is 13.4. The fourth-order valence-corrected chi connectivity index (χ4v) is 2.14. The van der Waals surface area contributed by atoms with Crippen LogP contribution < -0.4 is 5.32 Å². The van der Waals surface area contributed by atoms with Crippen molar-refractivity contribution in [1.29, 1.82) is 5.26 Å². The van der Waals surface area contributed by atoms with E-state index >= 15 is 0 Å². The van der Waals surface area contributed by atoms with Crippen LogP contribution in [0.15, 0.2) is 54.1 Å². The van der Waals surface area contributed by atoms with Crippen molar-refractivity contribution in [2.45, 2.75) is 6.92 Å². The molecule has 5 nitrogen and oxygen atoms in total. The molecule has 0 unspecified atom stereocenters. The zero-order valence-electron chi connectivity index (χ0n) is 13.4. The molecule has 0 fully saturated rings. The van der Waals surface area contributed by atoms with Crippen LogP contribution in [0.5, 0.6) is 0 Å². The number of amides is 1. The van der Waals surface area contributed by atoms with Crippen LogP contribution in [0.25, 0.3) is 6.08 Å². The molecular formula is C19H16N2O3. The third-order valence-electron chi connectivity index (χ3n) is 3.31. The lowest BCUT2D eigenvalue weighted by atomic mass is 10.0. The van der Waals surface area contributed by atoms with Crippen LogP contribution >= 0.6 is 0 Å². The van der Waals surface area contributed by atoms with Gasteiger partial charge in [0.15, 0.2) is 0 Å². The van der Waals surface area contributed by atoms with Crippen LogP contribution in [-0.2, 0) is 9.53 Å². The van der Waals surface area contributed by atoms with Gasteiger partial charge in [-0.15, -0.1) is 0 Å². The number of hydrogen-bond acceptors (Lipinski definition) is 4. The average molecular weight is 320 g/mol. The van der Waals surface area contributed by atoms with E-state index in [1.54, 1.807) is 36.4 Å². The molecule has 24 heavy (non-hydrogen) atoms. The van der Waals surface area contributed by atoms with Gasteiger partial charge in [-0.05, 0) is 42.3 Å². The molecule has 120 valence electrons. The van der Waals surface area contributed by atoms with Gasteiger partial charge in [0.05, 0.1) is 12.7 Å². The monoisotopic (exact) mass is 320 g/mol. The Morgan fingerprint density at radius 1 is 1.17 bits per heavy atom. The summed E-state index contributed by atoms with van der Waals surface area (Å²) in [6.07, 6.45) is 1.37. The second-order valence-corrected chi connectivity index (χ2v) is 5.07. The summed E-state index contributed by atoms with van der Waals surface area (Å²) in [5.74, 6) is -1.07. The maximum absolute atomic E-state index is 12.3. The number of rotatable bonds is 4. The molecule has 2 rings (SSSR count). The number of aryl methyl sites for hydroxylation is 1. The average Bonchev–Trinajstić information content (AvgIpc) is 2.59. The number of benzene rings is 2. The smallest absolute Gasteiger partial charge is 0.338 e. The van der Waals surface area contributed by atoms with Crippen molar-refractivity contribution in [2.24, 2.45) is 0 Å². The molecule has 2 aromatic rings. The molecule has 0 aliphatic carbocycles. The molecule has 0 spiro atoms. The maximum Gasteiger partial charge on any atom is 0.338 e. The molecule has 0 radical (unpaired) electrons. The molecule has 2 aromatic carbocycles. The number of methoxy groups -OCH3 is 1. The van der Waals surface area contributed by atoms with Crippen molar-refractivity contribution in [3.8, 4) is 6.07 Å². The second-order valence-electron chi connectivity index (χ2n) is 5.07. The topological polar surface area (TPSA) is 79.2 Å². The number of carbonyl (C=O) groups is 2. The van der Waals surface area contributed by atoms with Crippen LogP contribution in [0, 0.1) is 18.3 Å². The Hall–Kier alpha value is -3.39. The second kappa shape index (κ2) is 7.75. The Morgan fingerprint density at radius 3 is 2.58 bits per heavy atom. The maximum atomic E-state index is 12.3. The summed E-state index contributed by atoms with van der Waals surface area (Å²) in [7, 11) is 1.28. The van der Waals surface area contributed by atoms with Gasteiger partial charge in [-0.2, -0.15) is 5.26 Å². The summed E-state index contributed by atoms with van der Waals surface area (Å²) in [5, 5.41) is 12.0. The lowest BCUT2D eigenvalue weighted by Gasteiger charge is -2.07. The lowest BCUT2D eigenvalue weighted by molar-refractivity contribution is -0.112. The van der Waals surface area contributed by atoms with E-state index in [2.05, 4.69) is 5.32 Å². The van der Waals surface area contributed by atoms with E-state index in [1.165, 1.54) is 13.2 Å². The van der Waals surface area contributed by atoms with Gasteiger partial charge >= 0.3 is 5.97 Å². The first kappa shape index (κ1) is 17.0. The van der Waals surface area contributed by atoms with Gasteiger partial charge in [-0.25, -0.2) is 4.79 Å². The largest absolute Gasteiger partial charge is 0.465 e. The third kappa shape index (κ3) is 4.08. The molecule has 1 amide bonds. The number of nitrogens with one attached hydrogen (secondary N) is 1. The van der Waals surface area contributed by atoms with Gasteiger partial charge < -0.3 is 10.1 Å². The lowest BCUT2D eigenvalue weighted by Crippen LogP contribution is -2.14. The predicted molar refractivity (Wildman–Crippen MR) is 91.2 cm³/mol. The van der Waals surface area contributed by atoms with Gasteiger partial charge in [-0.3, -0.25) is 4.79 Å². The first-order valence-electron chi connectivity index (χ1n) is 7.22. The van der Waals surface area contributed by atoms with E-state index in [1.807, 2.05) is 25.1 Å². The number of carbonyl (C=O) groups excluding carboxylic acids is 2. The van der Waals surface area contributed by atoms with E-state index in [0.717, 1.165) is 5.56 Å². The predicted octanol–water partition coefficient (Wildman–Crippen LogP) is 3.33. The zero-order chi connectivity index (χ0) is 17.5. The van der Waals surface area contributed by atoms with Gasteiger partial charge in [0.2, 0.25) is 0 Å². The summed E-state index contributed by atoms with van der Waals surface area (Å²) in [6.45, 7) is 1.91. The molecule has 0 aromatic heterocycles.